The Hall–Kier alpha value is -2.78. The van der Waals surface area contributed by atoms with Crippen molar-refractivity contribution < 1.29 is 0 Å². The molecule has 1 atom stereocenters. The quantitative estimate of drug-likeness (QED) is 0.558. The van der Waals surface area contributed by atoms with E-state index >= 15 is 0 Å². The fourth-order valence-electron chi connectivity index (χ4n) is 2.72. The highest BCUT2D eigenvalue weighted by atomic mass is 15.1. The third-order valence-corrected chi connectivity index (χ3v) is 4.07. The van der Waals surface area contributed by atoms with Gasteiger partial charge in [0.25, 0.3) is 0 Å². The Morgan fingerprint density at radius 1 is 0.958 bits per heavy atom. The van der Waals surface area contributed by atoms with Crippen molar-refractivity contribution in [2.24, 2.45) is 9.98 Å². The van der Waals surface area contributed by atoms with Gasteiger partial charge in [-0.25, -0.2) is 9.98 Å². The molecule has 3 heteroatoms. The fraction of sp³-hybridized carbons (Fsp3) is 0.143. The van der Waals surface area contributed by atoms with Crippen LogP contribution in [0.15, 0.2) is 76.7 Å². The van der Waals surface area contributed by atoms with Gasteiger partial charge in [0.05, 0.1) is 0 Å². The van der Waals surface area contributed by atoms with Crippen LogP contribution in [0.5, 0.6) is 0 Å². The van der Waals surface area contributed by atoms with Gasteiger partial charge in [-0.15, -0.1) is 0 Å². The smallest absolute Gasteiger partial charge is 0.155 e. The van der Waals surface area contributed by atoms with Crippen molar-refractivity contribution in [1.82, 2.24) is 5.32 Å². The molecule has 0 spiro atoms. The van der Waals surface area contributed by atoms with Gasteiger partial charge in [0.15, 0.2) is 5.84 Å². The lowest BCUT2D eigenvalue weighted by molar-refractivity contribution is 0.625. The molecule has 3 aromatic rings. The summed E-state index contributed by atoms with van der Waals surface area (Å²) in [5.41, 5.74) is 3.28. The molecule has 0 amide bonds. The Kier molecular flexibility index (Phi) is 4.82. The molecule has 0 aliphatic carbocycles. The molecule has 0 aliphatic heterocycles. The lowest BCUT2D eigenvalue weighted by Crippen LogP contribution is -2.16. The van der Waals surface area contributed by atoms with E-state index in [1.54, 1.807) is 0 Å². The summed E-state index contributed by atoms with van der Waals surface area (Å²) in [6.45, 7) is 5.75. The number of rotatable bonds is 4. The average molecular weight is 315 g/mol. The first-order valence-corrected chi connectivity index (χ1v) is 7.99. The van der Waals surface area contributed by atoms with E-state index in [-0.39, 0.29) is 6.17 Å². The van der Waals surface area contributed by atoms with Gasteiger partial charge in [0, 0.05) is 5.56 Å². The molecular weight excluding hydrogens is 294 g/mol. The molecule has 0 heterocycles. The summed E-state index contributed by atoms with van der Waals surface area (Å²) in [5, 5.41) is 5.68. The first kappa shape index (κ1) is 16.1. The van der Waals surface area contributed by atoms with E-state index in [1.807, 2.05) is 31.3 Å². The molecule has 0 saturated carbocycles. The highest BCUT2D eigenvalue weighted by Crippen LogP contribution is 2.22. The van der Waals surface area contributed by atoms with Crippen molar-refractivity contribution in [3.63, 3.8) is 0 Å². The molecule has 3 nitrogen and oxygen atoms in total. The zero-order valence-corrected chi connectivity index (χ0v) is 14.0. The van der Waals surface area contributed by atoms with Crippen molar-refractivity contribution >= 4 is 23.3 Å². The van der Waals surface area contributed by atoms with Crippen LogP contribution in [-0.2, 0) is 0 Å². The Morgan fingerprint density at radius 3 is 2.33 bits per heavy atom. The standard InChI is InChI=1S/C21H21N3/c1-15-8-10-17(11-9-15)20(22-2)24-21(23-3)19-13-12-16-6-4-5-7-18(16)14-19/h4-14,21,23H,2H2,1,3H3/b24-20-. The van der Waals surface area contributed by atoms with E-state index in [9.17, 15) is 0 Å². The molecule has 0 bridgehead atoms. The van der Waals surface area contributed by atoms with Gasteiger partial charge in [-0.3, -0.25) is 5.32 Å². The number of aryl methyl sites for hydroxylation is 1. The summed E-state index contributed by atoms with van der Waals surface area (Å²) >= 11 is 0. The Balaban J connectivity index is 1.99. The summed E-state index contributed by atoms with van der Waals surface area (Å²) in [6, 6.07) is 22.9. The minimum atomic E-state index is -0.170. The van der Waals surface area contributed by atoms with E-state index in [1.165, 1.54) is 16.3 Å². The Morgan fingerprint density at radius 2 is 1.67 bits per heavy atom. The molecule has 3 aromatic carbocycles. The largest absolute Gasteiger partial charge is 0.295 e. The van der Waals surface area contributed by atoms with E-state index in [0.29, 0.717) is 5.84 Å². The highest BCUT2D eigenvalue weighted by molar-refractivity contribution is 6.01. The third-order valence-electron chi connectivity index (χ3n) is 4.07. The van der Waals surface area contributed by atoms with Crippen LogP contribution in [0, 0.1) is 6.92 Å². The molecule has 0 aromatic heterocycles. The predicted octanol–water partition coefficient (Wildman–Crippen LogP) is 4.51. The van der Waals surface area contributed by atoms with Crippen LogP contribution in [0.4, 0.5) is 0 Å². The maximum absolute atomic E-state index is 4.77. The Bertz CT molecular complexity index is 879. The normalized spacial score (nSPS) is 13.0. The van der Waals surface area contributed by atoms with E-state index in [4.69, 9.17) is 4.99 Å². The van der Waals surface area contributed by atoms with Gasteiger partial charge in [-0.1, -0.05) is 66.2 Å². The van der Waals surface area contributed by atoms with Crippen LogP contribution >= 0.6 is 0 Å². The van der Waals surface area contributed by atoms with Crippen LogP contribution < -0.4 is 5.32 Å². The fourth-order valence-corrected chi connectivity index (χ4v) is 2.72. The number of nitrogens with one attached hydrogen (secondary N) is 1. The maximum Gasteiger partial charge on any atom is 0.155 e. The lowest BCUT2D eigenvalue weighted by atomic mass is 10.1. The number of amidine groups is 1. The number of hydrogen-bond acceptors (Lipinski definition) is 2. The van der Waals surface area contributed by atoms with Crippen LogP contribution in [0.3, 0.4) is 0 Å². The first-order valence-electron chi connectivity index (χ1n) is 7.99. The Labute approximate surface area is 142 Å². The molecule has 0 aliphatic rings. The second-order valence-corrected chi connectivity index (χ2v) is 5.77. The van der Waals surface area contributed by atoms with E-state index in [0.717, 1.165) is 11.1 Å². The summed E-state index contributed by atoms with van der Waals surface area (Å²) in [5.74, 6) is 0.641. The van der Waals surface area contributed by atoms with Crippen LogP contribution in [0.1, 0.15) is 22.9 Å². The SMILES string of the molecule is C=N/C(=N\C(NC)c1ccc2ccccc2c1)c1ccc(C)cc1. The van der Waals surface area contributed by atoms with Crippen molar-refractivity contribution in [3.8, 4) is 0 Å². The highest BCUT2D eigenvalue weighted by Gasteiger charge is 2.10. The first-order chi connectivity index (χ1) is 11.7. The van der Waals surface area contributed by atoms with Gasteiger partial charge in [-0.2, -0.15) is 0 Å². The monoisotopic (exact) mass is 315 g/mol. The van der Waals surface area contributed by atoms with Gasteiger partial charge in [-0.05, 0) is 43.1 Å². The third kappa shape index (κ3) is 3.42. The molecule has 24 heavy (non-hydrogen) atoms. The number of fused-ring (bicyclic) bond motifs is 1. The molecule has 1 N–H and O–H groups in total. The zero-order valence-electron chi connectivity index (χ0n) is 14.0. The predicted molar refractivity (Wildman–Crippen MR) is 103 cm³/mol. The van der Waals surface area contributed by atoms with Crippen molar-refractivity contribution in [2.75, 3.05) is 7.05 Å². The molecule has 120 valence electrons. The summed E-state index contributed by atoms with van der Waals surface area (Å²) in [6.07, 6.45) is -0.170. The van der Waals surface area contributed by atoms with E-state index < -0.39 is 0 Å². The summed E-state index contributed by atoms with van der Waals surface area (Å²) < 4.78 is 0. The van der Waals surface area contributed by atoms with Gasteiger partial charge >= 0.3 is 0 Å². The maximum atomic E-state index is 4.77. The molecule has 0 fully saturated rings. The number of aliphatic imine (C=N–C) groups is 2. The number of benzene rings is 3. The summed E-state index contributed by atoms with van der Waals surface area (Å²) in [4.78, 5) is 8.89. The van der Waals surface area contributed by atoms with Gasteiger partial charge < -0.3 is 0 Å². The lowest BCUT2D eigenvalue weighted by Gasteiger charge is -2.14. The molecule has 1 unspecified atom stereocenters. The van der Waals surface area contributed by atoms with Gasteiger partial charge in [0.2, 0.25) is 0 Å². The molecule has 3 rings (SSSR count). The average Bonchev–Trinajstić information content (AvgIpc) is 2.63. The minimum Gasteiger partial charge on any atom is -0.295 e. The topological polar surface area (TPSA) is 36.8 Å². The molecule has 0 saturated heterocycles. The van der Waals surface area contributed by atoms with Crippen LogP contribution in [-0.4, -0.2) is 19.6 Å². The minimum absolute atomic E-state index is 0.170. The second-order valence-electron chi connectivity index (χ2n) is 5.77. The van der Waals surface area contributed by atoms with Crippen LogP contribution in [0.2, 0.25) is 0 Å². The van der Waals surface area contributed by atoms with Crippen molar-refractivity contribution in [3.05, 3.63) is 83.4 Å². The van der Waals surface area contributed by atoms with Crippen LogP contribution in [0.25, 0.3) is 10.8 Å². The van der Waals surface area contributed by atoms with E-state index in [2.05, 4.69) is 66.4 Å². The summed E-state index contributed by atoms with van der Waals surface area (Å²) in [7, 11) is 1.90. The van der Waals surface area contributed by atoms with Crippen molar-refractivity contribution in [1.29, 1.82) is 0 Å². The van der Waals surface area contributed by atoms with Gasteiger partial charge in [0.1, 0.15) is 6.17 Å². The molecular formula is C21H21N3. The zero-order chi connectivity index (χ0) is 16.9. The molecule has 0 radical (unpaired) electrons. The van der Waals surface area contributed by atoms with Crippen molar-refractivity contribution in [2.45, 2.75) is 13.1 Å². The number of nitrogens with zero attached hydrogens (tertiary/aromatic N) is 2. The second kappa shape index (κ2) is 7.20. The number of hydrogen-bond donors (Lipinski definition) is 1.